The van der Waals surface area contributed by atoms with Crippen molar-refractivity contribution in [3.05, 3.63) is 23.3 Å². The molecule has 0 heterocycles. The lowest BCUT2D eigenvalue weighted by molar-refractivity contribution is -0.115. The van der Waals surface area contributed by atoms with E-state index in [1.165, 1.54) is 12.8 Å². The zero-order chi connectivity index (χ0) is 13.8. The second-order valence-corrected chi connectivity index (χ2v) is 5.07. The molecule has 1 aromatic rings. The zero-order valence-corrected chi connectivity index (χ0v) is 11.9. The zero-order valence-electron chi connectivity index (χ0n) is 11.9. The molecule has 19 heavy (non-hydrogen) atoms. The Kier molecular flexibility index (Phi) is 4.43. The van der Waals surface area contributed by atoms with Crippen LogP contribution in [-0.2, 0) is 4.79 Å². The third-order valence-electron chi connectivity index (χ3n) is 3.22. The summed E-state index contributed by atoms with van der Waals surface area (Å²) in [5, 5.41) is 6.15. The maximum atomic E-state index is 11.8. The van der Waals surface area contributed by atoms with Gasteiger partial charge in [-0.05, 0) is 56.9 Å². The molecule has 0 aromatic heterocycles. The molecule has 1 aromatic carbocycles. The second kappa shape index (κ2) is 6.06. The van der Waals surface area contributed by atoms with Crippen molar-refractivity contribution in [1.29, 1.82) is 0 Å². The number of ether oxygens (including phenoxy) is 1. The maximum absolute atomic E-state index is 11.8. The van der Waals surface area contributed by atoms with Gasteiger partial charge in [0.2, 0.25) is 5.91 Å². The summed E-state index contributed by atoms with van der Waals surface area (Å²) < 4.78 is 5.54. The van der Waals surface area contributed by atoms with Gasteiger partial charge >= 0.3 is 0 Å². The molecule has 1 fully saturated rings. The van der Waals surface area contributed by atoms with Gasteiger partial charge < -0.3 is 15.4 Å². The minimum Gasteiger partial charge on any atom is -0.494 e. The first-order valence-corrected chi connectivity index (χ1v) is 6.87. The van der Waals surface area contributed by atoms with Crippen LogP contribution in [0.3, 0.4) is 0 Å². The predicted molar refractivity (Wildman–Crippen MR) is 76.7 cm³/mol. The molecule has 0 saturated heterocycles. The maximum Gasteiger partial charge on any atom is 0.238 e. The monoisotopic (exact) mass is 262 g/mol. The highest BCUT2D eigenvalue weighted by Gasteiger charge is 2.21. The van der Waals surface area contributed by atoms with Crippen LogP contribution in [0.25, 0.3) is 0 Å². The van der Waals surface area contributed by atoms with Gasteiger partial charge in [-0.2, -0.15) is 0 Å². The first kappa shape index (κ1) is 13.9. The summed E-state index contributed by atoms with van der Waals surface area (Å²) >= 11 is 0. The van der Waals surface area contributed by atoms with Gasteiger partial charge in [-0.3, -0.25) is 4.79 Å². The number of amides is 1. The number of nitrogens with one attached hydrogen (secondary N) is 2. The SMILES string of the molecule is CCOc1cc(C)c(NC(=O)CNC2CC2)cc1C. The lowest BCUT2D eigenvalue weighted by Crippen LogP contribution is -2.29. The summed E-state index contributed by atoms with van der Waals surface area (Å²) in [6.07, 6.45) is 2.38. The Balaban J connectivity index is 1.98. The third kappa shape index (κ3) is 3.96. The summed E-state index contributed by atoms with van der Waals surface area (Å²) in [5.41, 5.74) is 2.93. The Bertz CT molecular complexity index is 467. The minimum atomic E-state index is 0.0126. The van der Waals surface area contributed by atoms with Gasteiger partial charge in [-0.1, -0.05) is 0 Å². The van der Waals surface area contributed by atoms with Crippen LogP contribution < -0.4 is 15.4 Å². The molecule has 0 spiro atoms. The Morgan fingerprint density at radius 1 is 1.32 bits per heavy atom. The number of anilines is 1. The van der Waals surface area contributed by atoms with E-state index < -0.39 is 0 Å². The van der Waals surface area contributed by atoms with E-state index in [0.29, 0.717) is 19.2 Å². The Labute approximate surface area is 114 Å². The van der Waals surface area contributed by atoms with Crippen molar-refractivity contribution in [3.63, 3.8) is 0 Å². The minimum absolute atomic E-state index is 0.0126. The van der Waals surface area contributed by atoms with Gasteiger partial charge in [0, 0.05) is 11.7 Å². The molecular formula is C15H22N2O2. The van der Waals surface area contributed by atoms with Crippen LogP contribution in [0, 0.1) is 13.8 Å². The predicted octanol–water partition coefficient (Wildman–Crippen LogP) is 2.39. The number of aryl methyl sites for hydroxylation is 2. The van der Waals surface area contributed by atoms with Crippen LogP contribution in [0.5, 0.6) is 5.75 Å². The average Bonchev–Trinajstić information content (AvgIpc) is 3.17. The van der Waals surface area contributed by atoms with Crippen LogP contribution in [0.2, 0.25) is 0 Å². The number of carbonyl (C=O) groups is 1. The van der Waals surface area contributed by atoms with Crippen molar-refractivity contribution < 1.29 is 9.53 Å². The number of carbonyl (C=O) groups excluding carboxylic acids is 1. The molecule has 0 aliphatic heterocycles. The van der Waals surface area contributed by atoms with E-state index >= 15 is 0 Å². The molecule has 1 amide bonds. The second-order valence-electron chi connectivity index (χ2n) is 5.07. The molecule has 4 heteroatoms. The van der Waals surface area contributed by atoms with Crippen molar-refractivity contribution in [1.82, 2.24) is 5.32 Å². The average molecular weight is 262 g/mol. The fourth-order valence-electron chi connectivity index (χ4n) is 1.95. The molecule has 1 saturated carbocycles. The first-order chi connectivity index (χ1) is 9.10. The molecule has 0 bridgehead atoms. The quantitative estimate of drug-likeness (QED) is 0.827. The van der Waals surface area contributed by atoms with E-state index in [1.54, 1.807) is 0 Å². The first-order valence-electron chi connectivity index (χ1n) is 6.87. The Morgan fingerprint density at radius 3 is 2.68 bits per heavy atom. The van der Waals surface area contributed by atoms with E-state index in [4.69, 9.17) is 4.74 Å². The van der Waals surface area contributed by atoms with Crippen LogP contribution >= 0.6 is 0 Å². The largest absolute Gasteiger partial charge is 0.494 e. The summed E-state index contributed by atoms with van der Waals surface area (Å²) in [6, 6.07) is 4.49. The molecule has 1 aliphatic rings. The highest BCUT2D eigenvalue weighted by Crippen LogP contribution is 2.26. The third-order valence-corrected chi connectivity index (χ3v) is 3.22. The van der Waals surface area contributed by atoms with E-state index in [-0.39, 0.29) is 5.91 Å². The molecular weight excluding hydrogens is 240 g/mol. The Hall–Kier alpha value is -1.55. The van der Waals surface area contributed by atoms with Gasteiger partial charge in [0.25, 0.3) is 0 Å². The molecule has 1 aliphatic carbocycles. The van der Waals surface area contributed by atoms with Crippen molar-refractivity contribution >= 4 is 11.6 Å². The van der Waals surface area contributed by atoms with Gasteiger partial charge in [-0.15, -0.1) is 0 Å². The van der Waals surface area contributed by atoms with E-state index in [0.717, 1.165) is 22.6 Å². The molecule has 0 atom stereocenters. The van der Waals surface area contributed by atoms with Gasteiger partial charge in [0.1, 0.15) is 5.75 Å². The summed E-state index contributed by atoms with van der Waals surface area (Å²) in [5.74, 6) is 0.896. The van der Waals surface area contributed by atoms with Crippen LogP contribution in [0.4, 0.5) is 5.69 Å². The smallest absolute Gasteiger partial charge is 0.238 e. The highest BCUT2D eigenvalue weighted by atomic mass is 16.5. The topological polar surface area (TPSA) is 50.4 Å². The van der Waals surface area contributed by atoms with Crippen LogP contribution in [-0.4, -0.2) is 25.1 Å². The van der Waals surface area contributed by atoms with Crippen molar-refractivity contribution in [2.45, 2.75) is 39.7 Å². The summed E-state index contributed by atoms with van der Waals surface area (Å²) in [4.78, 5) is 11.8. The van der Waals surface area contributed by atoms with Gasteiger partial charge in [-0.25, -0.2) is 0 Å². The lowest BCUT2D eigenvalue weighted by atomic mass is 10.1. The van der Waals surface area contributed by atoms with Crippen LogP contribution in [0.15, 0.2) is 12.1 Å². The number of rotatable bonds is 6. The standard InChI is InChI=1S/C15H22N2O2/c1-4-19-14-8-10(2)13(7-11(14)3)17-15(18)9-16-12-5-6-12/h7-8,12,16H,4-6,9H2,1-3H3,(H,17,18). The molecule has 0 radical (unpaired) electrons. The Morgan fingerprint density at radius 2 is 2.05 bits per heavy atom. The van der Waals surface area contributed by atoms with Gasteiger partial charge in [0.15, 0.2) is 0 Å². The van der Waals surface area contributed by atoms with Gasteiger partial charge in [0.05, 0.1) is 13.2 Å². The highest BCUT2D eigenvalue weighted by molar-refractivity contribution is 5.93. The number of hydrogen-bond donors (Lipinski definition) is 2. The molecule has 104 valence electrons. The fourth-order valence-corrected chi connectivity index (χ4v) is 1.95. The van der Waals surface area contributed by atoms with E-state index in [1.807, 2.05) is 32.9 Å². The normalized spacial score (nSPS) is 14.3. The summed E-state index contributed by atoms with van der Waals surface area (Å²) in [6.45, 7) is 6.97. The fraction of sp³-hybridized carbons (Fsp3) is 0.533. The van der Waals surface area contributed by atoms with Crippen molar-refractivity contribution in [2.24, 2.45) is 0 Å². The van der Waals surface area contributed by atoms with E-state index in [2.05, 4.69) is 10.6 Å². The van der Waals surface area contributed by atoms with Crippen LogP contribution in [0.1, 0.15) is 30.9 Å². The molecule has 4 nitrogen and oxygen atoms in total. The summed E-state index contributed by atoms with van der Waals surface area (Å²) in [7, 11) is 0. The number of hydrogen-bond acceptors (Lipinski definition) is 3. The molecule has 2 N–H and O–H groups in total. The number of benzene rings is 1. The van der Waals surface area contributed by atoms with Crippen molar-refractivity contribution in [3.8, 4) is 5.75 Å². The van der Waals surface area contributed by atoms with E-state index in [9.17, 15) is 4.79 Å². The van der Waals surface area contributed by atoms with Crippen molar-refractivity contribution in [2.75, 3.05) is 18.5 Å². The lowest BCUT2D eigenvalue weighted by Gasteiger charge is -2.13. The molecule has 2 rings (SSSR count). The molecule has 0 unspecified atom stereocenters.